The number of hydrogen-bond donors (Lipinski definition) is 2. The van der Waals surface area contributed by atoms with E-state index >= 15 is 0 Å². The van der Waals surface area contributed by atoms with Crippen molar-refractivity contribution in [3.05, 3.63) is 40.1 Å². The van der Waals surface area contributed by atoms with Crippen LogP contribution in [0.25, 0.3) is 0 Å². The van der Waals surface area contributed by atoms with E-state index in [4.69, 9.17) is 9.47 Å². The zero-order valence-corrected chi connectivity index (χ0v) is 12.7. The summed E-state index contributed by atoms with van der Waals surface area (Å²) in [6, 6.07) is 4.97. The van der Waals surface area contributed by atoms with E-state index < -0.39 is 0 Å². The summed E-state index contributed by atoms with van der Waals surface area (Å²) in [6.45, 7) is 0.353. The number of rotatable bonds is 6. The Balaban J connectivity index is 2.00. The molecule has 8 nitrogen and oxygen atoms in total. The third kappa shape index (κ3) is 3.27. The zero-order chi connectivity index (χ0) is 16.1. The molecule has 0 aliphatic rings. The molecule has 1 heterocycles. The van der Waals surface area contributed by atoms with Crippen molar-refractivity contribution >= 4 is 5.91 Å². The summed E-state index contributed by atoms with van der Waals surface area (Å²) < 4.78 is 11.7. The minimum Gasteiger partial charge on any atom is -0.497 e. The van der Waals surface area contributed by atoms with Gasteiger partial charge in [-0.3, -0.25) is 9.36 Å². The number of carbonyl (C=O) groups excluding carboxylic acids is 1. The molecule has 0 atom stereocenters. The van der Waals surface area contributed by atoms with Gasteiger partial charge in [0.05, 0.1) is 19.8 Å². The van der Waals surface area contributed by atoms with Crippen molar-refractivity contribution in [1.29, 1.82) is 0 Å². The van der Waals surface area contributed by atoms with Crippen LogP contribution in [0.4, 0.5) is 0 Å². The first-order valence-electron chi connectivity index (χ1n) is 6.67. The Morgan fingerprint density at radius 3 is 2.73 bits per heavy atom. The minimum absolute atomic E-state index is 0.264. The molecule has 0 aliphatic heterocycles. The molecule has 0 aliphatic carbocycles. The van der Waals surface area contributed by atoms with Gasteiger partial charge in [0, 0.05) is 26.1 Å². The molecule has 1 aromatic heterocycles. The highest BCUT2D eigenvalue weighted by atomic mass is 16.5. The molecular formula is C14H18N4O4. The highest BCUT2D eigenvalue weighted by Gasteiger charge is 2.13. The molecule has 2 rings (SSSR count). The lowest BCUT2D eigenvalue weighted by molar-refractivity contribution is 0.0951. The monoisotopic (exact) mass is 306 g/mol. The summed E-state index contributed by atoms with van der Waals surface area (Å²) in [6.07, 6.45) is 0.444. The first-order chi connectivity index (χ1) is 10.6. The van der Waals surface area contributed by atoms with Gasteiger partial charge in [0.25, 0.3) is 5.91 Å². The van der Waals surface area contributed by atoms with Crippen LogP contribution < -0.4 is 20.5 Å². The van der Waals surface area contributed by atoms with E-state index in [-0.39, 0.29) is 11.6 Å². The van der Waals surface area contributed by atoms with Crippen LogP contribution in [0, 0.1) is 0 Å². The van der Waals surface area contributed by atoms with Crippen LogP contribution in [-0.2, 0) is 13.5 Å². The molecule has 0 saturated carbocycles. The first-order valence-corrected chi connectivity index (χ1v) is 6.67. The molecule has 0 saturated heterocycles. The van der Waals surface area contributed by atoms with Crippen LogP contribution in [0.2, 0.25) is 0 Å². The lowest BCUT2D eigenvalue weighted by atomic mass is 10.1. The Labute approximate surface area is 127 Å². The van der Waals surface area contributed by atoms with Crippen molar-refractivity contribution in [1.82, 2.24) is 20.1 Å². The van der Waals surface area contributed by atoms with E-state index in [0.29, 0.717) is 35.9 Å². The van der Waals surface area contributed by atoms with Gasteiger partial charge in [-0.15, -0.1) is 0 Å². The van der Waals surface area contributed by atoms with Crippen molar-refractivity contribution in [3.8, 4) is 11.5 Å². The van der Waals surface area contributed by atoms with Gasteiger partial charge in [-0.2, -0.15) is 5.10 Å². The zero-order valence-electron chi connectivity index (χ0n) is 12.7. The van der Waals surface area contributed by atoms with Gasteiger partial charge in [0.1, 0.15) is 17.3 Å². The summed E-state index contributed by atoms with van der Waals surface area (Å²) in [5, 5.41) is 8.99. The molecule has 22 heavy (non-hydrogen) atoms. The second-order valence-electron chi connectivity index (χ2n) is 4.58. The number of carbonyl (C=O) groups is 1. The number of nitrogens with one attached hydrogen (secondary N) is 2. The lowest BCUT2D eigenvalue weighted by Gasteiger charge is -2.10. The van der Waals surface area contributed by atoms with Gasteiger partial charge >= 0.3 is 5.69 Å². The maximum Gasteiger partial charge on any atom is 0.343 e. The number of aromatic amines is 1. The average Bonchev–Trinajstić information content (AvgIpc) is 2.86. The van der Waals surface area contributed by atoms with Gasteiger partial charge in [-0.05, 0) is 12.1 Å². The van der Waals surface area contributed by atoms with Gasteiger partial charge in [-0.1, -0.05) is 0 Å². The van der Waals surface area contributed by atoms with Crippen molar-refractivity contribution in [2.24, 2.45) is 7.05 Å². The molecule has 118 valence electrons. The number of hydrogen-bond acceptors (Lipinski definition) is 5. The number of amides is 1. The summed E-state index contributed by atoms with van der Waals surface area (Å²) in [7, 11) is 4.66. The quantitative estimate of drug-likeness (QED) is 0.788. The smallest absolute Gasteiger partial charge is 0.343 e. The molecule has 2 aromatic rings. The molecule has 1 aromatic carbocycles. The van der Waals surface area contributed by atoms with Crippen LogP contribution in [-0.4, -0.2) is 41.4 Å². The Morgan fingerprint density at radius 2 is 2.14 bits per heavy atom. The first kappa shape index (κ1) is 15.6. The average molecular weight is 306 g/mol. The third-order valence-electron chi connectivity index (χ3n) is 3.26. The largest absolute Gasteiger partial charge is 0.497 e. The van der Waals surface area contributed by atoms with Crippen LogP contribution in [0.3, 0.4) is 0 Å². The predicted octanol–water partition coefficient (Wildman–Crippen LogP) is 0.0981. The van der Waals surface area contributed by atoms with E-state index in [1.165, 1.54) is 11.7 Å². The number of methoxy groups -OCH3 is 2. The minimum atomic E-state index is -0.279. The fraction of sp³-hybridized carbons (Fsp3) is 0.357. The fourth-order valence-electron chi connectivity index (χ4n) is 1.97. The number of benzene rings is 1. The van der Waals surface area contributed by atoms with E-state index in [2.05, 4.69) is 15.5 Å². The van der Waals surface area contributed by atoms with Gasteiger partial charge < -0.3 is 14.8 Å². The van der Waals surface area contributed by atoms with Crippen molar-refractivity contribution in [2.45, 2.75) is 6.42 Å². The molecule has 0 bridgehead atoms. The number of H-pyrrole nitrogens is 1. The van der Waals surface area contributed by atoms with Crippen LogP contribution >= 0.6 is 0 Å². The summed E-state index contributed by atoms with van der Waals surface area (Å²) in [5.41, 5.74) is 0.136. The van der Waals surface area contributed by atoms with Crippen molar-refractivity contribution in [3.63, 3.8) is 0 Å². The topological polar surface area (TPSA) is 98.2 Å². The van der Waals surface area contributed by atoms with E-state index in [1.54, 1.807) is 32.4 Å². The summed E-state index contributed by atoms with van der Waals surface area (Å²) >= 11 is 0. The van der Waals surface area contributed by atoms with Crippen LogP contribution in [0.5, 0.6) is 11.5 Å². The van der Waals surface area contributed by atoms with Gasteiger partial charge in [0.2, 0.25) is 0 Å². The summed E-state index contributed by atoms with van der Waals surface area (Å²) in [5.74, 6) is 1.36. The predicted molar refractivity (Wildman–Crippen MR) is 79.4 cm³/mol. The molecule has 0 radical (unpaired) electrons. The number of ether oxygens (including phenoxy) is 2. The molecule has 0 fully saturated rings. The second kappa shape index (κ2) is 6.79. The lowest BCUT2D eigenvalue weighted by Crippen LogP contribution is -2.27. The number of nitrogens with zero attached hydrogens (tertiary/aromatic N) is 2. The van der Waals surface area contributed by atoms with Crippen molar-refractivity contribution in [2.75, 3.05) is 20.8 Å². The Kier molecular flexibility index (Phi) is 4.82. The van der Waals surface area contributed by atoms with Crippen molar-refractivity contribution < 1.29 is 14.3 Å². The van der Waals surface area contributed by atoms with E-state index in [1.807, 2.05) is 0 Å². The second-order valence-corrected chi connectivity index (χ2v) is 4.58. The molecule has 1 amide bonds. The summed E-state index contributed by atoms with van der Waals surface area (Å²) in [4.78, 5) is 23.4. The molecule has 2 N–H and O–H groups in total. The fourth-order valence-corrected chi connectivity index (χ4v) is 1.97. The highest BCUT2D eigenvalue weighted by molar-refractivity contribution is 5.97. The third-order valence-corrected chi connectivity index (χ3v) is 3.26. The Morgan fingerprint density at radius 1 is 1.36 bits per heavy atom. The molecule has 0 unspecified atom stereocenters. The van der Waals surface area contributed by atoms with Gasteiger partial charge in [0.15, 0.2) is 0 Å². The molecule has 8 heteroatoms. The van der Waals surface area contributed by atoms with Crippen LogP contribution in [0.15, 0.2) is 23.0 Å². The van der Waals surface area contributed by atoms with E-state index in [9.17, 15) is 9.59 Å². The highest BCUT2D eigenvalue weighted by Crippen LogP contribution is 2.24. The normalized spacial score (nSPS) is 10.3. The Hall–Kier alpha value is -2.77. The SMILES string of the molecule is COc1ccc(C(=O)NCCc2n[nH]c(=O)n2C)c(OC)c1. The molecule has 0 spiro atoms. The maximum atomic E-state index is 12.2. The number of aromatic nitrogens is 3. The maximum absolute atomic E-state index is 12.2. The van der Waals surface area contributed by atoms with E-state index in [0.717, 1.165) is 0 Å². The molecular weight excluding hydrogens is 288 g/mol. The Bertz CT molecular complexity index is 720. The van der Waals surface area contributed by atoms with Gasteiger partial charge in [-0.25, -0.2) is 9.89 Å². The standard InChI is InChI=1S/C14H18N4O4/c1-18-12(16-17-14(18)20)6-7-15-13(19)10-5-4-9(21-2)8-11(10)22-3/h4-5,8H,6-7H2,1-3H3,(H,15,19)(H,17,20). The van der Waals surface area contributed by atoms with Crippen LogP contribution in [0.1, 0.15) is 16.2 Å².